The summed E-state index contributed by atoms with van der Waals surface area (Å²) in [5.41, 5.74) is 0. The summed E-state index contributed by atoms with van der Waals surface area (Å²) < 4.78 is 4.43. The molecule has 0 aliphatic heterocycles. The largest absolute Gasteiger partial charge is 0.463 e. The molecule has 0 saturated heterocycles. The highest BCUT2D eigenvalue weighted by atomic mass is 16.5. The van der Waals surface area contributed by atoms with Crippen LogP contribution in [0.3, 0.4) is 0 Å². The van der Waals surface area contributed by atoms with Crippen LogP contribution in [0.15, 0.2) is 50.6 Å². The molecule has 0 aromatic heterocycles. The molecule has 17 heavy (non-hydrogen) atoms. The number of hydrogen-bond acceptors (Lipinski definition) is 3. The smallest absolute Gasteiger partial charge is 0.330 e. The standard InChI is InChI=1S/C9H15N.C5H8O2/c1-4-7-10(8-5-2)9-6-3;1-3-5(6)7-4-2/h4-6H,1-3,7-9H2;3H,1,4H2,2H3. The lowest BCUT2D eigenvalue weighted by Gasteiger charge is -2.15. The highest BCUT2D eigenvalue weighted by Crippen LogP contribution is 1.88. The van der Waals surface area contributed by atoms with Gasteiger partial charge in [-0.15, -0.1) is 19.7 Å². The molecule has 0 aromatic carbocycles. The van der Waals surface area contributed by atoms with Gasteiger partial charge in [-0.25, -0.2) is 4.79 Å². The minimum atomic E-state index is -0.359. The van der Waals surface area contributed by atoms with Crippen molar-refractivity contribution < 1.29 is 9.53 Å². The SMILES string of the molecule is C=CC(=O)OCC.C=CCN(CC=C)CC=C. The first-order chi connectivity index (χ1) is 8.15. The Hall–Kier alpha value is -1.61. The van der Waals surface area contributed by atoms with E-state index in [0.717, 1.165) is 25.7 Å². The normalized spacial score (nSPS) is 8.59. The fourth-order valence-electron chi connectivity index (χ4n) is 0.973. The van der Waals surface area contributed by atoms with Gasteiger partial charge in [0.05, 0.1) is 6.61 Å². The van der Waals surface area contributed by atoms with Crippen LogP contribution in [-0.4, -0.2) is 37.1 Å². The van der Waals surface area contributed by atoms with Crippen LogP contribution < -0.4 is 0 Å². The monoisotopic (exact) mass is 237 g/mol. The Morgan fingerprint density at radius 3 is 1.65 bits per heavy atom. The number of ether oxygens (including phenoxy) is 1. The number of carbonyl (C=O) groups is 1. The summed E-state index contributed by atoms with van der Waals surface area (Å²) in [5, 5.41) is 0. The molecule has 3 nitrogen and oxygen atoms in total. The first-order valence-corrected chi connectivity index (χ1v) is 5.50. The van der Waals surface area contributed by atoms with Crippen LogP contribution in [0.5, 0.6) is 0 Å². The quantitative estimate of drug-likeness (QED) is 0.369. The molecule has 0 spiro atoms. The predicted molar refractivity (Wildman–Crippen MR) is 73.9 cm³/mol. The molecule has 0 unspecified atom stereocenters. The Labute approximate surface area is 105 Å². The summed E-state index contributed by atoms with van der Waals surface area (Å²) in [4.78, 5) is 12.3. The lowest BCUT2D eigenvalue weighted by atomic mass is 10.4. The van der Waals surface area contributed by atoms with Gasteiger partial charge in [0.1, 0.15) is 0 Å². The van der Waals surface area contributed by atoms with Crippen molar-refractivity contribution in [2.75, 3.05) is 26.2 Å². The van der Waals surface area contributed by atoms with E-state index in [4.69, 9.17) is 0 Å². The van der Waals surface area contributed by atoms with Crippen LogP contribution in [0.4, 0.5) is 0 Å². The molecule has 0 radical (unpaired) electrons. The zero-order chi connectivity index (χ0) is 13.5. The number of esters is 1. The van der Waals surface area contributed by atoms with Gasteiger partial charge in [0, 0.05) is 25.7 Å². The van der Waals surface area contributed by atoms with E-state index < -0.39 is 0 Å². The van der Waals surface area contributed by atoms with Gasteiger partial charge in [-0.1, -0.05) is 24.8 Å². The Morgan fingerprint density at radius 2 is 1.47 bits per heavy atom. The van der Waals surface area contributed by atoms with Crippen molar-refractivity contribution >= 4 is 5.97 Å². The molecule has 0 aliphatic carbocycles. The first-order valence-electron chi connectivity index (χ1n) is 5.50. The zero-order valence-corrected chi connectivity index (χ0v) is 10.7. The predicted octanol–water partition coefficient (Wildman–Crippen LogP) is 2.58. The first kappa shape index (κ1) is 17.8. The van der Waals surface area contributed by atoms with Crippen molar-refractivity contribution in [1.82, 2.24) is 4.90 Å². The Balaban J connectivity index is 0. The van der Waals surface area contributed by atoms with Crippen molar-refractivity contribution in [3.63, 3.8) is 0 Å². The maximum atomic E-state index is 10.1. The minimum absolute atomic E-state index is 0.359. The highest BCUT2D eigenvalue weighted by Gasteiger charge is 1.94. The van der Waals surface area contributed by atoms with Crippen LogP contribution in [0, 0.1) is 0 Å². The molecule has 0 bridgehead atoms. The van der Waals surface area contributed by atoms with Gasteiger partial charge in [-0.3, -0.25) is 4.90 Å². The van der Waals surface area contributed by atoms with Crippen molar-refractivity contribution in [1.29, 1.82) is 0 Å². The van der Waals surface area contributed by atoms with E-state index in [-0.39, 0.29) is 5.97 Å². The van der Waals surface area contributed by atoms with Crippen LogP contribution in [0.2, 0.25) is 0 Å². The summed E-state index contributed by atoms with van der Waals surface area (Å²) >= 11 is 0. The van der Waals surface area contributed by atoms with Gasteiger partial charge < -0.3 is 4.74 Å². The molecule has 0 rings (SSSR count). The molecule has 0 amide bonds. The van der Waals surface area contributed by atoms with Gasteiger partial charge in [0.2, 0.25) is 0 Å². The molecule has 0 heterocycles. The fraction of sp³-hybridized carbons (Fsp3) is 0.357. The fourth-order valence-corrected chi connectivity index (χ4v) is 0.973. The molecule has 3 heteroatoms. The summed E-state index contributed by atoms with van der Waals surface area (Å²) in [6.45, 7) is 19.0. The van der Waals surface area contributed by atoms with Gasteiger partial charge in [-0.2, -0.15) is 0 Å². The van der Waals surface area contributed by atoms with Gasteiger partial charge in [0.15, 0.2) is 0 Å². The summed E-state index contributed by atoms with van der Waals surface area (Å²) in [6, 6.07) is 0. The van der Waals surface area contributed by atoms with E-state index in [0.29, 0.717) is 6.61 Å². The topological polar surface area (TPSA) is 29.5 Å². The van der Waals surface area contributed by atoms with Crippen LogP contribution in [0.1, 0.15) is 6.92 Å². The number of nitrogens with zero attached hydrogens (tertiary/aromatic N) is 1. The maximum Gasteiger partial charge on any atom is 0.330 e. The molecule has 0 atom stereocenters. The molecular weight excluding hydrogens is 214 g/mol. The number of rotatable bonds is 8. The molecular formula is C14H23NO2. The van der Waals surface area contributed by atoms with Crippen LogP contribution in [-0.2, 0) is 9.53 Å². The molecule has 0 aromatic rings. The molecule has 0 aliphatic rings. The summed E-state index contributed by atoms with van der Waals surface area (Å²) in [7, 11) is 0. The Bertz CT molecular complexity index is 223. The lowest BCUT2D eigenvalue weighted by molar-refractivity contribution is -0.137. The van der Waals surface area contributed by atoms with Crippen LogP contribution >= 0.6 is 0 Å². The van der Waals surface area contributed by atoms with E-state index in [1.807, 2.05) is 18.2 Å². The van der Waals surface area contributed by atoms with Gasteiger partial charge in [0.25, 0.3) is 0 Å². The second-order valence-corrected chi connectivity index (χ2v) is 3.04. The van der Waals surface area contributed by atoms with Crippen molar-refractivity contribution in [2.24, 2.45) is 0 Å². The number of carbonyl (C=O) groups excluding carboxylic acids is 1. The molecule has 0 N–H and O–H groups in total. The van der Waals surface area contributed by atoms with Crippen LogP contribution in [0.25, 0.3) is 0 Å². The molecule has 96 valence electrons. The van der Waals surface area contributed by atoms with E-state index in [1.165, 1.54) is 0 Å². The third kappa shape index (κ3) is 14.4. The second-order valence-electron chi connectivity index (χ2n) is 3.04. The summed E-state index contributed by atoms with van der Waals surface area (Å²) in [5.74, 6) is -0.359. The Morgan fingerprint density at radius 1 is 1.06 bits per heavy atom. The average Bonchev–Trinajstić information content (AvgIpc) is 2.31. The second kappa shape index (κ2) is 14.4. The van der Waals surface area contributed by atoms with E-state index >= 15 is 0 Å². The Kier molecular flexibility index (Phi) is 15.0. The number of hydrogen-bond donors (Lipinski definition) is 0. The van der Waals surface area contributed by atoms with E-state index in [1.54, 1.807) is 6.92 Å². The third-order valence-corrected chi connectivity index (χ3v) is 1.62. The van der Waals surface area contributed by atoms with Crippen molar-refractivity contribution in [3.05, 3.63) is 50.6 Å². The van der Waals surface area contributed by atoms with Gasteiger partial charge >= 0.3 is 5.97 Å². The average molecular weight is 237 g/mol. The third-order valence-electron chi connectivity index (χ3n) is 1.62. The van der Waals surface area contributed by atoms with E-state index in [2.05, 4.69) is 36.0 Å². The zero-order valence-electron chi connectivity index (χ0n) is 10.7. The van der Waals surface area contributed by atoms with E-state index in [9.17, 15) is 4.79 Å². The van der Waals surface area contributed by atoms with Crippen molar-refractivity contribution in [2.45, 2.75) is 6.92 Å². The maximum absolute atomic E-state index is 10.1. The highest BCUT2D eigenvalue weighted by molar-refractivity contribution is 5.81. The lowest BCUT2D eigenvalue weighted by Crippen LogP contribution is -2.23. The molecule has 0 fully saturated rings. The molecule has 0 saturated carbocycles. The summed E-state index contributed by atoms with van der Waals surface area (Å²) in [6.07, 6.45) is 6.79. The van der Waals surface area contributed by atoms with Crippen molar-refractivity contribution in [3.8, 4) is 0 Å². The minimum Gasteiger partial charge on any atom is -0.463 e. The van der Waals surface area contributed by atoms with Gasteiger partial charge in [-0.05, 0) is 6.92 Å².